The summed E-state index contributed by atoms with van der Waals surface area (Å²) in [5.74, 6) is 0. The molecule has 5 heteroatoms. The van der Waals surface area contributed by atoms with Gasteiger partial charge in [-0.3, -0.25) is 0 Å². The molecule has 0 fully saturated rings. The maximum absolute atomic E-state index is 11.1. The van der Waals surface area contributed by atoms with Gasteiger partial charge in [-0.15, -0.1) is 0 Å². The molecule has 0 amide bonds. The molecule has 0 saturated heterocycles. The number of aryl methyl sites for hydroxylation is 1. The van der Waals surface area contributed by atoms with Crippen molar-refractivity contribution in [2.45, 2.75) is 18.7 Å². The Balaban J connectivity index is 3.56. The summed E-state index contributed by atoms with van der Waals surface area (Å²) in [4.78, 5) is 0.0826. The van der Waals surface area contributed by atoms with Gasteiger partial charge in [-0.2, -0.15) is 0 Å². The smallest absolute Gasteiger partial charge is 0.207 e. The van der Waals surface area contributed by atoms with Gasteiger partial charge in [-0.1, -0.05) is 11.6 Å². The minimum atomic E-state index is -3.69. The van der Waals surface area contributed by atoms with Crippen LogP contribution in [0.5, 0.6) is 0 Å². The van der Waals surface area contributed by atoms with Crippen molar-refractivity contribution in [1.29, 1.82) is 0 Å². The molecule has 0 N–H and O–H groups in total. The summed E-state index contributed by atoms with van der Waals surface area (Å²) < 4.78 is 22.1. The molecule has 0 atom stereocenters. The molecular weight excluding hydrogens is 231 g/mol. The third-order valence-electron chi connectivity index (χ3n) is 1.85. The highest BCUT2D eigenvalue weighted by Gasteiger charge is 2.15. The van der Waals surface area contributed by atoms with E-state index in [0.29, 0.717) is 10.6 Å². The number of hydrogen-bond donors (Lipinski definition) is 0. The van der Waals surface area contributed by atoms with Crippen LogP contribution in [0.3, 0.4) is 0 Å². The van der Waals surface area contributed by atoms with Gasteiger partial charge in [-0.25, -0.2) is 8.42 Å². The lowest BCUT2D eigenvalue weighted by molar-refractivity contribution is 0.609. The lowest BCUT2D eigenvalue weighted by Crippen LogP contribution is -1.96. The first-order valence-corrected chi connectivity index (χ1v) is 6.22. The third-order valence-corrected chi connectivity index (χ3v) is 3.51. The van der Waals surface area contributed by atoms with Gasteiger partial charge in [0.05, 0.1) is 4.90 Å². The van der Waals surface area contributed by atoms with Crippen LogP contribution in [0.25, 0.3) is 0 Å². The van der Waals surface area contributed by atoms with Crippen LogP contribution in [0.2, 0.25) is 5.02 Å². The van der Waals surface area contributed by atoms with Crippen LogP contribution >= 0.6 is 22.3 Å². The van der Waals surface area contributed by atoms with Gasteiger partial charge in [0.1, 0.15) is 0 Å². The molecule has 0 radical (unpaired) electrons. The third kappa shape index (κ3) is 2.36. The predicted octanol–water partition coefficient (Wildman–Crippen LogP) is 2.88. The molecular formula is C8H8Cl2O2S. The SMILES string of the molecule is Cc1cc(Cl)cc(S(=O)(=O)Cl)c1C. The van der Waals surface area contributed by atoms with Crippen LogP contribution in [0.1, 0.15) is 11.1 Å². The minimum absolute atomic E-state index is 0.0826. The van der Waals surface area contributed by atoms with E-state index in [1.807, 2.05) is 0 Å². The summed E-state index contributed by atoms with van der Waals surface area (Å²) in [5.41, 5.74) is 1.45. The maximum Gasteiger partial charge on any atom is 0.261 e. The molecule has 0 unspecified atom stereocenters. The Kier molecular flexibility index (Phi) is 2.90. The molecule has 0 aromatic heterocycles. The standard InChI is InChI=1S/C8H8Cl2O2S/c1-5-3-7(9)4-8(6(5)2)13(10,11)12/h3-4H,1-2H3. The lowest BCUT2D eigenvalue weighted by Gasteiger charge is -2.05. The van der Waals surface area contributed by atoms with Crippen molar-refractivity contribution in [2.24, 2.45) is 0 Å². The highest BCUT2D eigenvalue weighted by molar-refractivity contribution is 8.13. The second kappa shape index (κ2) is 3.48. The summed E-state index contributed by atoms with van der Waals surface area (Å²) in [6.07, 6.45) is 0. The van der Waals surface area contributed by atoms with Crippen LogP contribution in [0.15, 0.2) is 17.0 Å². The van der Waals surface area contributed by atoms with Gasteiger partial charge in [0.15, 0.2) is 0 Å². The van der Waals surface area contributed by atoms with E-state index in [1.165, 1.54) is 6.07 Å². The van der Waals surface area contributed by atoms with Crippen molar-refractivity contribution >= 4 is 31.3 Å². The van der Waals surface area contributed by atoms with E-state index in [0.717, 1.165) is 5.56 Å². The zero-order valence-corrected chi connectivity index (χ0v) is 9.46. The highest BCUT2D eigenvalue weighted by Crippen LogP contribution is 2.26. The van der Waals surface area contributed by atoms with Crippen LogP contribution < -0.4 is 0 Å². The maximum atomic E-state index is 11.1. The first-order valence-electron chi connectivity index (χ1n) is 3.54. The van der Waals surface area contributed by atoms with Crippen LogP contribution in [-0.2, 0) is 9.05 Å². The molecule has 0 aliphatic rings. The fourth-order valence-corrected chi connectivity index (χ4v) is 2.65. The van der Waals surface area contributed by atoms with E-state index < -0.39 is 9.05 Å². The molecule has 0 aliphatic carbocycles. The molecule has 1 rings (SSSR count). The van der Waals surface area contributed by atoms with Gasteiger partial charge >= 0.3 is 0 Å². The van der Waals surface area contributed by atoms with E-state index in [1.54, 1.807) is 19.9 Å². The summed E-state index contributed by atoms with van der Waals surface area (Å²) >= 11 is 5.71. The van der Waals surface area contributed by atoms with Crippen LogP contribution in [-0.4, -0.2) is 8.42 Å². The molecule has 13 heavy (non-hydrogen) atoms. The lowest BCUT2D eigenvalue weighted by atomic mass is 10.1. The molecule has 2 nitrogen and oxygen atoms in total. The number of hydrogen-bond acceptors (Lipinski definition) is 2. The average molecular weight is 239 g/mol. The Morgan fingerprint density at radius 2 is 1.77 bits per heavy atom. The fraction of sp³-hybridized carbons (Fsp3) is 0.250. The molecule has 0 spiro atoms. The average Bonchev–Trinajstić information content (AvgIpc) is 1.94. The molecule has 0 aliphatic heterocycles. The van der Waals surface area contributed by atoms with Gasteiger partial charge < -0.3 is 0 Å². The largest absolute Gasteiger partial charge is 0.261 e. The Hall–Kier alpha value is -0.250. The van der Waals surface area contributed by atoms with Gasteiger partial charge in [0.25, 0.3) is 9.05 Å². The Morgan fingerprint density at radius 1 is 1.23 bits per heavy atom. The van der Waals surface area contributed by atoms with Crippen molar-refractivity contribution < 1.29 is 8.42 Å². The number of benzene rings is 1. The minimum Gasteiger partial charge on any atom is -0.207 e. The fourth-order valence-electron chi connectivity index (χ4n) is 1.04. The topological polar surface area (TPSA) is 34.1 Å². The van der Waals surface area contributed by atoms with Gasteiger partial charge in [0.2, 0.25) is 0 Å². The van der Waals surface area contributed by atoms with Crippen molar-refractivity contribution in [3.8, 4) is 0 Å². The zero-order valence-electron chi connectivity index (χ0n) is 7.14. The van der Waals surface area contributed by atoms with Crippen molar-refractivity contribution in [1.82, 2.24) is 0 Å². The van der Waals surface area contributed by atoms with E-state index in [4.69, 9.17) is 22.3 Å². The summed E-state index contributed by atoms with van der Waals surface area (Å²) in [5, 5.41) is 0.377. The molecule has 0 saturated carbocycles. The number of halogens is 2. The first kappa shape index (κ1) is 10.8. The Morgan fingerprint density at radius 3 is 2.23 bits per heavy atom. The van der Waals surface area contributed by atoms with E-state index in [9.17, 15) is 8.42 Å². The van der Waals surface area contributed by atoms with Gasteiger partial charge in [0, 0.05) is 15.7 Å². The first-order chi connectivity index (χ1) is 5.82. The normalized spacial score (nSPS) is 11.7. The second-order valence-electron chi connectivity index (χ2n) is 2.78. The van der Waals surface area contributed by atoms with Crippen molar-refractivity contribution in [2.75, 3.05) is 0 Å². The molecule has 1 aromatic rings. The van der Waals surface area contributed by atoms with Gasteiger partial charge in [-0.05, 0) is 37.1 Å². The monoisotopic (exact) mass is 238 g/mol. The second-order valence-corrected chi connectivity index (χ2v) is 5.75. The number of rotatable bonds is 1. The Bertz CT molecular complexity index is 438. The summed E-state index contributed by atoms with van der Waals surface area (Å²) in [6, 6.07) is 3.05. The highest BCUT2D eigenvalue weighted by atomic mass is 35.7. The molecule has 72 valence electrons. The van der Waals surface area contributed by atoms with E-state index >= 15 is 0 Å². The van der Waals surface area contributed by atoms with E-state index in [2.05, 4.69) is 0 Å². The van der Waals surface area contributed by atoms with Crippen LogP contribution in [0.4, 0.5) is 0 Å². The summed E-state index contributed by atoms with van der Waals surface area (Å²) in [6.45, 7) is 3.48. The molecule has 1 aromatic carbocycles. The summed E-state index contributed by atoms with van der Waals surface area (Å²) in [7, 11) is 1.53. The van der Waals surface area contributed by atoms with Crippen molar-refractivity contribution in [3.05, 3.63) is 28.3 Å². The predicted molar refractivity (Wildman–Crippen MR) is 54.0 cm³/mol. The molecule has 0 bridgehead atoms. The molecule has 0 heterocycles. The van der Waals surface area contributed by atoms with E-state index in [-0.39, 0.29) is 4.90 Å². The zero-order chi connectivity index (χ0) is 10.2. The Labute approximate surface area is 86.9 Å². The quantitative estimate of drug-likeness (QED) is 0.706. The van der Waals surface area contributed by atoms with Crippen molar-refractivity contribution in [3.63, 3.8) is 0 Å². The van der Waals surface area contributed by atoms with Crippen LogP contribution in [0, 0.1) is 13.8 Å².